The lowest BCUT2D eigenvalue weighted by Crippen LogP contribution is -2.54. The molecule has 1 saturated heterocycles. The smallest absolute Gasteiger partial charge is 0.245 e. The van der Waals surface area contributed by atoms with Crippen LogP contribution in [0, 0.1) is 11.3 Å². The van der Waals surface area contributed by atoms with Gasteiger partial charge in [-0.25, -0.2) is 0 Å². The quantitative estimate of drug-likeness (QED) is 0.859. The van der Waals surface area contributed by atoms with Crippen LogP contribution in [0.3, 0.4) is 0 Å². The summed E-state index contributed by atoms with van der Waals surface area (Å²) >= 11 is 0. The third-order valence-corrected chi connectivity index (χ3v) is 4.50. The van der Waals surface area contributed by atoms with Crippen molar-refractivity contribution in [2.45, 2.75) is 71.9 Å². The van der Waals surface area contributed by atoms with Gasteiger partial charge in [-0.05, 0) is 24.2 Å². The second kappa shape index (κ2) is 5.74. The first-order valence-electron chi connectivity index (χ1n) is 7.92. The van der Waals surface area contributed by atoms with E-state index in [2.05, 4.69) is 12.2 Å². The van der Waals surface area contributed by atoms with E-state index in [1.54, 1.807) is 0 Å². The first-order valence-corrected chi connectivity index (χ1v) is 7.92. The third kappa shape index (κ3) is 3.53. The Balaban J connectivity index is 2.17. The van der Waals surface area contributed by atoms with Crippen LogP contribution < -0.4 is 5.32 Å². The number of amides is 2. The van der Waals surface area contributed by atoms with Gasteiger partial charge < -0.3 is 10.2 Å². The van der Waals surface area contributed by atoms with Gasteiger partial charge in [0.1, 0.15) is 6.04 Å². The lowest BCUT2D eigenvalue weighted by Gasteiger charge is -2.36. The number of hydrogen-bond donors (Lipinski definition) is 1. The number of nitrogens with one attached hydrogen (secondary N) is 1. The molecule has 1 aliphatic heterocycles. The standard InChI is InChI=1S/C16H28N2O2/c1-5-12(10-11-6-7-11)18-9-8-13(19)17-14(15(18)20)16(2,3)4/h11-12,14H,5-10H2,1-4H3,(H,17,19). The number of nitrogens with zero attached hydrogens (tertiary/aromatic N) is 1. The van der Waals surface area contributed by atoms with Crippen LogP contribution in [0.4, 0.5) is 0 Å². The molecule has 0 aromatic rings. The van der Waals surface area contributed by atoms with Crippen LogP contribution in [0.2, 0.25) is 0 Å². The largest absolute Gasteiger partial charge is 0.344 e. The van der Waals surface area contributed by atoms with Crippen molar-refractivity contribution in [1.29, 1.82) is 0 Å². The molecule has 4 nitrogen and oxygen atoms in total. The Hall–Kier alpha value is -1.06. The van der Waals surface area contributed by atoms with Crippen molar-refractivity contribution in [3.63, 3.8) is 0 Å². The fourth-order valence-corrected chi connectivity index (χ4v) is 2.99. The van der Waals surface area contributed by atoms with Gasteiger partial charge in [0, 0.05) is 19.0 Å². The van der Waals surface area contributed by atoms with Gasteiger partial charge in [0.2, 0.25) is 11.8 Å². The Morgan fingerprint density at radius 2 is 1.95 bits per heavy atom. The Bertz CT molecular complexity index is 382. The lowest BCUT2D eigenvalue weighted by atomic mass is 9.85. The summed E-state index contributed by atoms with van der Waals surface area (Å²) in [6, 6.07) is -0.0988. The number of carbonyl (C=O) groups excluding carboxylic acids is 2. The number of carbonyl (C=O) groups is 2. The summed E-state index contributed by atoms with van der Waals surface area (Å²) in [7, 11) is 0. The minimum absolute atomic E-state index is 0.00190. The van der Waals surface area contributed by atoms with Gasteiger partial charge in [0.05, 0.1) is 0 Å². The number of hydrogen-bond acceptors (Lipinski definition) is 2. The van der Waals surface area contributed by atoms with E-state index in [1.165, 1.54) is 12.8 Å². The highest BCUT2D eigenvalue weighted by atomic mass is 16.2. The lowest BCUT2D eigenvalue weighted by molar-refractivity contribution is -0.138. The summed E-state index contributed by atoms with van der Waals surface area (Å²) in [5.74, 6) is 0.908. The summed E-state index contributed by atoms with van der Waals surface area (Å²) in [4.78, 5) is 26.7. The molecule has 2 rings (SSSR count). The van der Waals surface area contributed by atoms with E-state index in [-0.39, 0.29) is 17.2 Å². The van der Waals surface area contributed by atoms with E-state index < -0.39 is 6.04 Å². The Morgan fingerprint density at radius 3 is 2.45 bits per heavy atom. The van der Waals surface area contributed by atoms with Crippen LogP contribution in [0.1, 0.15) is 59.8 Å². The van der Waals surface area contributed by atoms with Crippen molar-refractivity contribution in [2.75, 3.05) is 6.54 Å². The monoisotopic (exact) mass is 280 g/mol. The summed E-state index contributed by atoms with van der Waals surface area (Å²) < 4.78 is 0. The maximum absolute atomic E-state index is 12.9. The molecule has 114 valence electrons. The van der Waals surface area contributed by atoms with Crippen LogP contribution in [-0.4, -0.2) is 35.3 Å². The predicted octanol–water partition coefficient (Wildman–Crippen LogP) is 2.33. The highest BCUT2D eigenvalue weighted by Crippen LogP contribution is 2.36. The molecule has 2 aliphatic rings. The fraction of sp³-hybridized carbons (Fsp3) is 0.875. The minimum atomic E-state index is -0.397. The zero-order valence-electron chi connectivity index (χ0n) is 13.2. The molecule has 1 N–H and O–H groups in total. The van der Waals surface area contributed by atoms with Gasteiger partial charge in [0.15, 0.2) is 0 Å². The summed E-state index contributed by atoms with van der Waals surface area (Å²) in [6.45, 7) is 8.76. The first-order chi connectivity index (χ1) is 9.32. The van der Waals surface area contributed by atoms with Gasteiger partial charge in [-0.2, -0.15) is 0 Å². The molecule has 1 heterocycles. The molecular formula is C16H28N2O2. The predicted molar refractivity (Wildman–Crippen MR) is 79.1 cm³/mol. The Labute approximate surface area is 122 Å². The van der Waals surface area contributed by atoms with Crippen molar-refractivity contribution >= 4 is 11.8 Å². The molecule has 2 fully saturated rings. The Morgan fingerprint density at radius 1 is 1.30 bits per heavy atom. The van der Waals surface area contributed by atoms with Gasteiger partial charge >= 0.3 is 0 Å². The van der Waals surface area contributed by atoms with Crippen molar-refractivity contribution in [3.05, 3.63) is 0 Å². The zero-order valence-corrected chi connectivity index (χ0v) is 13.2. The van der Waals surface area contributed by atoms with E-state index >= 15 is 0 Å². The van der Waals surface area contributed by atoms with Crippen molar-refractivity contribution < 1.29 is 9.59 Å². The van der Waals surface area contributed by atoms with Gasteiger partial charge in [-0.15, -0.1) is 0 Å². The molecular weight excluding hydrogens is 252 g/mol. The van der Waals surface area contributed by atoms with E-state index in [4.69, 9.17) is 0 Å². The number of rotatable bonds is 4. The van der Waals surface area contributed by atoms with Crippen LogP contribution >= 0.6 is 0 Å². The van der Waals surface area contributed by atoms with Crippen LogP contribution in [0.15, 0.2) is 0 Å². The average Bonchev–Trinajstić information content (AvgIpc) is 3.16. The molecule has 2 unspecified atom stereocenters. The molecule has 4 heteroatoms. The van der Waals surface area contributed by atoms with E-state index in [0.717, 1.165) is 18.8 Å². The molecule has 2 atom stereocenters. The molecule has 0 radical (unpaired) electrons. The molecule has 1 saturated carbocycles. The first kappa shape index (κ1) is 15.3. The molecule has 20 heavy (non-hydrogen) atoms. The van der Waals surface area contributed by atoms with Crippen molar-refractivity contribution in [3.8, 4) is 0 Å². The fourth-order valence-electron chi connectivity index (χ4n) is 2.99. The second-order valence-electron chi connectivity index (χ2n) is 7.39. The van der Waals surface area contributed by atoms with Crippen molar-refractivity contribution in [1.82, 2.24) is 10.2 Å². The van der Waals surface area contributed by atoms with Crippen LogP contribution in [-0.2, 0) is 9.59 Å². The molecule has 1 aliphatic carbocycles. The minimum Gasteiger partial charge on any atom is -0.344 e. The summed E-state index contributed by atoms with van der Waals surface area (Å²) in [5, 5.41) is 2.92. The third-order valence-electron chi connectivity index (χ3n) is 4.50. The van der Waals surface area contributed by atoms with Gasteiger partial charge in [-0.3, -0.25) is 9.59 Å². The van der Waals surface area contributed by atoms with Gasteiger partial charge in [-0.1, -0.05) is 40.5 Å². The summed E-state index contributed by atoms with van der Waals surface area (Å²) in [5.41, 5.74) is -0.243. The Kier molecular flexibility index (Phi) is 4.40. The second-order valence-corrected chi connectivity index (χ2v) is 7.39. The maximum Gasteiger partial charge on any atom is 0.245 e. The van der Waals surface area contributed by atoms with Crippen molar-refractivity contribution in [2.24, 2.45) is 11.3 Å². The normalized spacial score (nSPS) is 26.2. The van der Waals surface area contributed by atoms with Gasteiger partial charge in [0.25, 0.3) is 0 Å². The SMILES string of the molecule is CCC(CC1CC1)N1CCC(=O)NC(C(C)(C)C)C1=O. The maximum atomic E-state index is 12.9. The zero-order chi connectivity index (χ0) is 14.9. The van der Waals surface area contributed by atoms with Crippen LogP contribution in [0.25, 0.3) is 0 Å². The molecule has 2 amide bonds. The molecule has 0 bridgehead atoms. The molecule has 0 spiro atoms. The summed E-state index contributed by atoms with van der Waals surface area (Å²) in [6.07, 6.45) is 5.12. The van der Waals surface area contributed by atoms with Crippen LogP contribution in [0.5, 0.6) is 0 Å². The highest BCUT2D eigenvalue weighted by Gasteiger charge is 2.40. The average molecular weight is 280 g/mol. The van der Waals surface area contributed by atoms with E-state index in [1.807, 2.05) is 25.7 Å². The highest BCUT2D eigenvalue weighted by molar-refractivity contribution is 5.90. The van der Waals surface area contributed by atoms with E-state index in [0.29, 0.717) is 19.0 Å². The van der Waals surface area contributed by atoms with E-state index in [9.17, 15) is 9.59 Å². The topological polar surface area (TPSA) is 49.4 Å². The molecule has 0 aromatic carbocycles. The molecule has 0 aromatic heterocycles.